The number of rotatable bonds is 38. The first-order chi connectivity index (χ1) is 36.1. The first kappa shape index (κ1) is 71.0. The molecule has 0 aliphatic heterocycles. The van der Waals surface area contributed by atoms with E-state index in [2.05, 4.69) is 47.9 Å². The molecule has 0 aromatic rings. The summed E-state index contributed by atoms with van der Waals surface area (Å²) in [4.78, 5) is 170. The molecule has 444 valence electrons. The molecule has 0 aliphatic rings. The van der Waals surface area contributed by atoms with Gasteiger partial charge in [0.2, 0.25) is 59.1 Å². The number of carboxylic acid groups (broad SMARTS) is 3. The molecule has 0 rings (SSSR count). The number of nitrogens with one attached hydrogen (secondary N) is 9. The molecular weight excluding hydrogens is 1030 g/mol. The Morgan fingerprint density at radius 3 is 1.18 bits per heavy atom. The van der Waals surface area contributed by atoms with E-state index in [1.165, 1.54) is 6.92 Å². The monoisotopic (exact) mass is 1110 g/mol. The van der Waals surface area contributed by atoms with Crippen molar-refractivity contribution >= 4 is 77.0 Å². The lowest BCUT2D eigenvalue weighted by Gasteiger charge is -2.29. The quantitative estimate of drug-likeness (QED) is 0.0265. The van der Waals surface area contributed by atoms with Gasteiger partial charge >= 0.3 is 17.9 Å². The summed E-state index contributed by atoms with van der Waals surface area (Å²) < 4.78 is 0. The van der Waals surface area contributed by atoms with Crippen molar-refractivity contribution < 1.29 is 82.8 Å². The summed E-state index contributed by atoms with van der Waals surface area (Å²) in [6, 6.07) is -15.4. The summed E-state index contributed by atoms with van der Waals surface area (Å²) >= 11 is 0. The number of hydrogen-bond donors (Lipinski definition) is 16. The van der Waals surface area contributed by atoms with Gasteiger partial charge < -0.3 is 85.5 Å². The van der Waals surface area contributed by atoms with Gasteiger partial charge in [-0.3, -0.25) is 57.5 Å². The maximum Gasteiger partial charge on any atom is 0.326 e. The molecule has 29 heteroatoms. The van der Waals surface area contributed by atoms with Crippen LogP contribution in [0.4, 0.5) is 0 Å². The molecule has 0 saturated heterocycles. The predicted octanol–water partition coefficient (Wildman–Crippen LogP) is -3.70. The van der Waals surface area contributed by atoms with E-state index in [-0.39, 0.29) is 50.5 Å². The number of carbonyl (C=O) groups excluding carboxylic acids is 10. The minimum absolute atomic E-state index is 0.00807. The fourth-order valence-electron chi connectivity index (χ4n) is 7.55. The summed E-state index contributed by atoms with van der Waals surface area (Å²) in [5.74, 6) is -16.2. The van der Waals surface area contributed by atoms with E-state index < -0.39 is 181 Å². The van der Waals surface area contributed by atoms with Gasteiger partial charge in [0.1, 0.15) is 54.4 Å². The largest absolute Gasteiger partial charge is 0.481 e. The van der Waals surface area contributed by atoms with Gasteiger partial charge in [0.25, 0.3) is 0 Å². The van der Waals surface area contributed by atoms with Crippen LogP contribution in [0, 0.1) is 23.7 Å². The average Bonchev–Trinajstić information content (AvgIpc) is 3.30. The van der Waals surface area contributed by atoms with E-state index >= 15 is 0 Å². The third-order valence-corrected chi connectivity index (χ3v) is 11.6. The van der Waals surface area contributed by atoms with Crippen LogP contribution < -0.4 is 65.1 Å². The average molecular weight is 1120 g/mol. The molecule has 0 radical (unpaired) electrons. The number of aliphatic hydroxyl groups excluding tert-OH is 1. The second-order valence-corrected chi connectivity index (χ2v) is 20.9. The number of carbonyl (C=O) groups is 13. The van der Waals surface area contributed by atoms with Crippen molar-refractivity contribution in [1.82, 2.24) is 47.9 Å². The van der Waals surface area contributed by atoms with Crippen LogP contribution in [0.15, 0.2) is 0 Å². The molecular formula is C49H86N12O17. The van der Waals surface area contributed by atoms with E-state index in [0.29, 0.717) is 6.42 Å². The van der Waals surface area contributed by atoms with Crippen LogP contribution >= 0.6 is 0 Å². The third kappa shape index (κ3) is 27.9. The van der Waals surface area contributed by atoms with Crippen LogP contribution in [0.25, 0.3) is 0 Å². The maximum absolute atomic E-state index is 14.0. The van der Waals surface area contributed by atoms with Gasteiger partial charge in [-0.25, -0.2) is 4.79 Å². The lowest BCUT2D eigenvalue weighted by Crippen LogP contribution is -2.62. The highest BCUT2D eigenvalue weighted by molar-refractivity contribution is 6.00. The molecule has 0 aromatic heterocycles. The SMILES string of the molecule is CC(C)C[C@H](NC(=O)[C@H](CC(C)C)NC(=O)[C@@H](NC(=O)[C@H](CC(N)=O)NC(=O)[C@H](CC(C)C)NC(=O)[C@H](CCC(=O)O)NC(=O)[C@H](CC(=O)O)NC(=O)[C@H](CCCCN)NC(=O)[C@@H](NC(=O)[C@H](C)N)C(C)C)[C@@H](C)O)C(=O)O. The molecule has 0 bridgehead atoms. The van der Waals surface area contributed by atoms with Gasteiger partial charge in [0.05, 0.1) is 25.0 Å². The van der Waals surface area contributed by atoms with Crippen LogP contribution in [-0.4, -0.2) is 170 Å². The van der Waals surface area contributed by atoms with Gasteiger partial charge in [-0.05, 0) is 89.0 Å². The Balaban J connectivity index is 6.83. The number of aliphatic hydroxyl groups is 1. The lowest BCUT2D eigenvalue weighted by atomic mass is 10.00. The van der Waals surface area contributed by atoms with Crippen molar-refractivity contribution in [3.05, 3.63) is 0 Å². The number of primary amides is 1. The lowest BCUT2D eigenvalue weighted by molar-refractivity contribution is -0.143. The summed E-state index contributed by atoms with van der Waals surface area (Å²) in [5.41, 5.74) is 16.7. The van der Waals surface area contributed by atoms with E-state index in [1.807, 2.05) is 0 Å². The normalized spacial score (nSPS) is 15.6. The number of unbranched alkanes of at least 4 members (excludes halogenated alkanes) is 1. The standard InChI is InChI=1S/C49H86N12O17/c1-22(2)17-30(43(71)56-32(20-35(52)63)46(74)61-39(27(10)62)48(76)58-31(18-23(3)4)44(72)59-34(49(77)78)19-24(5)6)55-42(70)29(14-15-36(64)65)53-45(73)33(21-37(66)67)57-41(69)28(13-11-12-16-50)54-47(75)38(25(7)8)60-40(68)26(9)51/h22-34,38-39,62H,11-21,50-51H2,1-10H3,(H2,52,63)(H,53,73)(H,54,75)(H,55,70)(H,56,71)(H,57,69)(H,58,76)(H,59,72)(H,60,68)(H,61,74)(H,64,65)(H,66,67)(H,77,78)/t26-,27+,28-,29-,30-,31-,32-,33-,34-,38-,39-/m0/s1. The van der Waals surface area contributed by atoms with Crippen LogP contribution in [0.1, 0.15) is 133 Å². The van der Waals surface area contributed by atoms with Crippen LogP contribution in [0.3, 0.4) is 0 Å². The molecule has 0 saturated carbocycles. The minimum Gasteiger partial charge on any atom is -0.481 e. The highest BCUT2D eigenvalue weighted by atomic mass is 16.4. The van der Waals surface area contributed by atoms with E-state index in [1.54, 1.807) is 55.4 Å². The Labute approximate surface area is 454 Å². The van der Waals surface area contributed by atoms with Gasteiger partial charge in [-0.15, -0.1) is 0 Å². The van der Waals surface area contributed by atoms with E-state index in [9.17, 15) is 82.8 Å². The van der Waals surface area contributed by atoms with Crippen molar-refractivity contribution in [3.8, 4) is 0 Å². The molecule has 0 aromatic carbocycles. The summed E-state index contributed by atoms with van der Waals surface area (Å²) in [6.07, 6.45) is -4.70. The molecule has 0 spiro atoms. The second-order valence-electron chi connectivity index (χ2n) is 20.9. The Hall–Kier alpha value is -7.01. The highest BCUT2D eigenvalue weighted by Crippen LogP contribution is 2.13. The van der Waals surface area contributed by atoms with Crippen molar-refractivity contribution in [2.75, 3.05) is 6.54 Å². The summed E-state index contributed by atoms with van der Waals surface area (Å²) in [5, 5.41) is 60.9. The molecule has 0 heterocycles. The molecule has 0 unspecified atom stereocenters. The highest BCUT2D eigenvalue weighted by Gasteiger charge is 2.38. The van der Waals surface area contributed by atoms with Crippen LogP contribution in [0.2, 0.25) is 0 Å². The zero-order valence-corrected chi connectivity index (χ0v) is 46.3. The maximum atomic E-state index is 14.0. The van der Waals surface area contributed by atoms with E-state index in [4.69, 9.17) is 17.2 Å². The third-order valence-electron chi connectivity index (χ3n) is 11.6. The Kier molecular flexibility index (Phi) is 32.2. The van der Waals surface area contributed by atoms with Crippen molar-refractivity contribution in [2.24, 2.45) is 40.9 Å². The molecule has 19 N–H and O–H groups in total. The van der Waals surface area contributed by atoms with Crippen molar-refractivity contribution in [1.29, 1.82) is 0 Å². The number of hydrogen-bond acceptors (Lipinski definition) is 16. The Morgan fingerprint density at radius 2 is 0.769 bits per heavy atom. The van der Waals surface area contributed by atoms with Gasteiger partial charge in [0.15, 0.2) is 0 Å². The molecule has 11 atom stereocenters. The number of carboxylic acids is 3. The fourth-order valence-corrected chi connectivity index (χ4v) is 7.55. The van der Waals surface area contributed by atoms with E-state index in [0.717, 1.165) is 6.92 Å². The smallest absolute Gasteiger partial charge is 0.326 e. The Morgan fingerprint density at radius 1 is 0.410 bits per heavy atom. The van der Waals surface area contributed by atoms with Crippen LogP contribution in [0.5, 0.6) is 0 Å². The fraction of sp³-hybridized carbons (Fsp3) is 0.735. The minimum atomic E-state index is -1.96. The van der Waals surface area contributed by atoms with Gasteiger partial charge in [-0.1, -0.05) is 55.4 Å². The first-order valence-electron chi connectivity index (χ1n) is 25.9. The zero-order chi connectivity index (χ0) is 60.3. The second kappa shape index (κ2) is 35.4. The summed E-state index contributed by atoms with van der Waals surface area (Å²) in [6.45, 7) is 16.1. The van der Waals surface area contributed by atoms with Crippen LogP contribution in [-0.2, 0) is 62.3 Å². The zero-order valence-electron chi connectivity index (χ0n) is 46.3. The molecule has 29 nitrogen and oxygen atoms in total. The molecule has 0 fully saturated rings. The number of aliphatic carboxylic acids is 3. The number of amides is 10. The molecule has 0 aliphatic carbocycles. The first-order valence-corrected chi connectivity index (χ1v) is 25.9. The molecule has 78 heavy (non-hydrogen) atoms. The number of nitrogens with two attached hydrogens (primary N) is 3. The van der Waals surface area contributed by atoms with Crippen molar-refractivity contribution in [3.63, 3.8) is 0 Å². The molecule has 10 amide bonds. The predicted molar refractivity (Wildman–Crippen MR) is 279 cm³/mol. The van der Waals surface area contributed by atoms with Gasteiger partial charge in [0, 0.05) is 6.42 Å². The van der Waals surface area contributed by atoms with Gasteiger partial charge in [-0.2, -0.15) is 0 Å². The Bertz CT molecular complexity index is 2090. The summed E-state index contributed by atoms with van der Waals surface area (Å²) in [7, 11) is 0. The van der Waals surface area contributed by atoms with Crippen molar-refractivity contribution in [2.45, 2.75) is 200 Å². The topological polar surface area (TPSA) is 489 Å².